The molecule has 2 aliphatic rings. The van der Waals surface area contributed by atoms with E-state index in [4.69, 9.17) is 20.8 Å². The number of hydrogen-bond acceptors (Lipinski definition) is 5. The maximum Gasteiger partial charge on any atom is 0.296 e. The van der Waals surface area contributed by atoms with Crippen molar-refractivity contribution in [2.45, 2.75) is 6.42 Å². The van der Waals surface area contributed by atoms with Crippen LogP contribution in [0.1, 0.15) is 21.7 Å². The van der Waals surface area contributed by atoms with E-state index in [9.17, 15) is 4.79 Å². The molecule has 7 heteroatoms. The molecule has 2 aromatic carbocycles. The molecule has 2 aliphatic heterocycles. The third kappa shape index (κ3) is 3.83. The van der Waals surface area contributed by atoms with Crippen molar-refractivity contribution >= 4 is 28.9 Å². The molecule has 0 unspecified atom stereocenters. The summed E-state index contributed by atoms with van der Waals surface area (Å²) in [5.74, 6) is 0.835. The van der Waals surface area contributed by atoms with Crippen molar-refractivity contribution in [2.24, 2.45) is 0 Å². The molecule has 160 valence electrons. The molecule has 0 saturated carbocycles. The number of furan rings is 1. The number of ether oxygens (including phenoxy) is 1. The molecule has 1 aromatic heterocycles. The van der Waals surface area contributed by atoms with Gasteiger partial charge in [-0.15, -0.1) is 0 Å². The monoisotopic (exact) mass is 437 g/mol. The predicted molar refractivity (Wildman–Crippen MR) is 122 cm³/mol. The Morgan fingerprint density at radius 1 is 1.06 bits per heavy atom. The van der Waals surface area contributed by atoms with Crippen molar-refractivity contribution in [1.29, 1.82) is 0 Å². The van der Waals surface area contributed by atoms with E-state index in [1.165, 1.54) is 5.69 Å². The summed E-state index contributed by atoms with van der Waals surface area (Å²) in [5, 5.41) is 4.05. The Kier molecular flexibility index (Phi) is 5.44. The predicted octanol–water partition coefficient (Wildman–Crippen LogP) is 4.16. The minimum Gasteiger partial charge on any atom is -0.451 e. The van der Waals surface area contributed by atoms with Gasteiger partial charge < -0.3 is 19.4 Å². The number of fused-ring (bicyclic) bond motifs is 2. The summed E-state index contributed by atoms with van der Waals surface area (Å²) in [4.78, 5) is 17.4. The number of carbonyl (C=O) groups excluding carboxylic acids is 1. The average molecular weight is 438 g/mol. The summed E-state index contributed by atoms with van der Waals surface area (Å²) < 4.78 is 11.4. The third-order valence-electron chi connectivity index (χ3n) is 5.85. The number of rotatable bonds is 4. The molecule has 0 bridgehead atoms. The highest BCUT2D eigenvalue weighted by Gasteiger charge is 2.31. The largest absolute Gasteiger partial charge is 0.451 e. The van der Waals surface area contributed by atoms with Crippen molar-refractivity contribution < 1.29 is 13.9 Å². The van der Waals surface area contributed by atoms with E-state index >= 15 is 0 Å². The molecule has 3 aromatic rings. The van der Waals surface area contributed by atoms with Gasteiger partial charge in [-0.2, -0.15) is 0 Å². The van der Waals surface area contributed by atoms with E-state index in [0.29, 0.717) is 23.0 Å². The zero-order valence-electron chi connectivity index (χ0n) is 17.4. The van der Waals surface area contributed by atoms with Crippen molar-refractivity contribution in [3.8, 4) is 11.3 Å². The molecule has 1 N–H and O–H groups in total. The molecular weight excluding hydrogens is 414 g/mol. The van der Waals surface area contributed by atoms with Crippen LogP contribution in [0, 0.1) is 0 Å². The molecule has 1 fully saturated rings. The van der Waals surface area contributed by atoms with E-state index in [2.05, 4.69) is 22.3 Å². The van der Waals surface area contributed by atoms with Gasteiger partial charge in [-0.1, -0.05) is 11.6 Å². The Labute approximate surface area is 186 Å². The number of hydrogen-bond donors (Lipinski definition) is 1. The first-order chi connectivity index (χ1) is 15.1. The van der Waals surface area contributed by atoms with Gasteiger partial charge in [0.25, 0.3) is 5.91 Å². The van der Waals surface area contributed by atoms with Gasteiger partial charge in [0.15, 0.2) is 5.76 Å². The van der Waals surface area contributed by atoms with E-state index in [1.54, 1.807) is 12.0 Å². The van der Waals surface area contributed by atoms with Crippen LogP contribution in [0.4, 0.5) is 11.4 Å². The lowest BCUT2D eigenvalue weighted by molar-refractivity contribution is 0.0910. The third-order valence-corrected chi connectivity index (χ3v) is 6.10. The summed E-state index contributed by atoms with van der Waals surface area (Å²) >= 11 is 6.02. The second-order valence-corrected chi connectivity index (χ2v) is 8.29. The van der Waals surface area contributed by atoms with Crippen molar-refractivity contribution in [3.05, 3.63) is 70.4 Å². The zero-order valence-corrected chi connectivity index (χ0v) is 18.1. The number of nitrogens with one attached hydrogen (secondary N) is 1. The first kappa shape index (κ1) is 20.1. The maximum atomic E-state index is 13.4. The number of amides is 1. The van der Waals surface area contributed by atoms with Crippen molar-refractivity contribution in [1.82, 2.24) is 5.32 Å². The minimum absolute atomic E-state index is 0.162. The molecule has 31 heavy (non-hydrogen) atoms. The number of nitrogens with zero attached hydrogens (tertiary/aromatic N) is 2. The van der Waals surface area contributed by atoms with Gasteiger partial charge in [0, 0.05) is 61.5 Å². The van der Waals surface area contributed by atoms with Crippen LogP contribution < -0.4 is 15.1 Å². The standard InChI is InChI=1S/C24H24ClN3O3/c1-30-15-28-21-7-6-20(27-10-8-26-9-11-27)13-17(21)12-18-14-22(31-23(18)24(28)29)16-2-4-19(25)5-3-16/h2-7,13-14,26H,8-12,15H2,1H3. The Hall–Kier alpha value is -2.80. The lowest BCUT2D eigenvalue weighted by Gasteiger charge is -2.30. The first-order valence-corrected chi connectivity index (χ1v) is 10.8. The topological polar surface area (TPSA) is 58.0 Å². The average Bonchev–Trinajstić information content (AvgIpc) is 3.18. The van der Waals surface area contributed by atoms with Crippen molar-refractivity contribution in [3.63, 3.8) is 0 Å². The molecule has 6 nitrogen and oxygen atoms in total. The molecule has 3 heterocycles. The van der Waals surface area contributed by atoms with Crippen LogP contribution in [0.5, 0.6) is 0 Å². The number of piperazine rings is 1. The first-order valence-electron chi connectivity index (χ1n) is 10.4. The summed E-state index contributed by atoms with van der Waals surface area (Å²) in [5.41, 5.74) is 4.90. The van der Waals surface area contributed by atoms with Crippen LogP contribution in [-0.4, -0.2) is 45.9 Å². The van der Waals surface area contributed by atoms with Gasteiger partial charge in [0.2, 0.25) is 0 Å². The Bertz CT molecular complexity index is 1100. The van der Waals surface area contributed by atoms with E-state index in [0.717, 1.165) is 48.6 Å². The maximum absolute atomic E-state index is 13.4. The van der Waals surface area contributed by atoms with Gasteiger partial charge in [0.1, 0.15) is 12.5 Å². The normalized spacial score (nSPS) is 16.1. The van der Waals surface area contributed by atoms with Crippen LogP contribution in [0.2, 0.25) is 5.02 Å². The highest BCUT2D eigenvalue weighted by atomic mass is 35.5. The summed E-state index contributed by atoms with van der Waals surface area (Å²) in [6, 6.07) is 15.7. The number of methoxy groups -OCH3 is 1. The second-order valence-electron chi connectivity index (χ2n) is 7.85. The van der Waals surface area contributed by atoms with Crippen LogP contribution in [0.25, 0.3) is 11.3 Å². The fraction of sp³-hybridized carbons (Fsp3) is 0.292. The van der Waals surface area contributed by atoms with E-state index < -0.39 is 0 Å². The van der Waals surface area contributed by atoms with E-state index in [-0.39, 0.29) is 12.6 Å². The van der Waals surface area contributed by atoms with Crippen LogP contribution in [0.3, 0.4) is 0 Å². The summed E-state index contributed by atoms with van der Waals surface area (Å²) in [7, 11) is 1.59. The van der Waals surface area contributed by atoms with Gasteiger partial charge >= 0.3 is 0 Å². The lowest BCUT2D eigenvalue weighted by atomic mass is 10.0. The molecule has 1 amide bonds. The molecule has 1 saturated heterocycles. The van der Waals surface area contributed by atoms with Crippen LogP contribution in [0.15, 0.2) is 52.9 Å². The highest BCUT2D eigenvalue weighted by molar-refractivity contribution is 6.30. The molecule has 0 aliphatic carbocycles. The number of anilines is 2. The second kappa shape index (κ2) is 8.38. The van der Waals surface area contributed by atoms with Crippen molar-refractivity contribution in [2.75, 3.05) is 49.8 Å². The molecular formula is C24H24ClN3O3. The quantitative estimate of drug-likeness (QED) is 0.664. The van der Waals surface area contributed by atoms with Crippen LogP contribution >= 0.6 is 11.6 Å². The van der Waals surface area contributed by atoms with Gasteiger partial charge in [-0.05, 0) is 54.1 Å². The Morgan fingerprint density at radius 3 is 2.58 bits per heavy atom. The highest BCUT2D eigenvalue weighted by Crippen LogP contribution is 2.37. The SMILES string of the molecule is COCN1C(=O)c2oc(-c3ccc(Cl)cc3)cc2Cc2cc(N3CCNCC3)ccc21. The van der Waals surface area contributed by atoms with Gasteiger partial charge in [0.05, 0.1) is 5.69 Å². The zero-order chi connectivity index (χ0) is 21.4. The minimum atomic E-state index is -0.189. The lowest BCUT2D eigenvalue weighted by Crippen LogP contribution is -2.43. The summed E-state index contributed by atoms with van der Waals surface area (Å²) in [6.45, 7) is 4.05. The smallest absolute Gasteiger partial charge is 0.296 e. The Morgan fingerprint density at radius 2 is 1.84 bits per heavy atom. The Balaban J connectivity index is 1.56. The van der Waals surface area contributed by atoms with Gasteiger partial charge in [-0.3, -0.25) is 9.69 Å². The number of benzene rings is 2. The fourth-order valence-corrected chi connectivity index (χ4v) is 4.41. The van der Waals surface area contributed by atoms with E-state index in [1.807, 2.05) is 36.4 Å². The van der Waals surface area contributed by atoms with Gasteiger partial charge in [-0.25, -0.2) is 0 Å². The molecule has 0 spiro atoms. The molecule has 5 rings (SSSR count). The summed E-state index contributed by atoms with van der Waals surface area (Å²) in [6.07, 6.45) is 0.619. The molecule has 0 atom stereocenters. The van der Waals surface area contributed by atoms with Crippen LogP contribution in [-0.2, 0) is 11.2 Å². The number of carbonyl (C=O) groups is 1. The molecule has 0 radical (unpaired) electrons. The number of halogens is 1. The fourth-order valence-electron chi connectivity index (χ4n) is 4.29.